The van der Waals surface area contributed by atoms with Gasteiger partial charge in [-0.1, -0.05) is 0 Å². The largest absolute Gasteiger partial charge is 0.296 e. The molecule has 1 aliphatic rings. The van der Waals surface area contributed by atoms with E-state index in [1.54, 1.807) is 23.5 Å². The number of hydrogen-bond donors (Lipinski definition) is 1. The standard InChI is InChI=1S/C14H13N7OS/c22-13(18-14-17-9-3-1-2-4-11(9)23-14)10-5-6-12(20-19-10)21-8-15-7-16-21/h5-8H,1-4H2,(H,17,18,22). The quantitative estimate of drug-likeness (QED) is 0.785. The molecule has 0 saturated carbocycles. The lowest BCUT2D eigenvalue weighted by molar-refractivity contribution is 0.102. The molecule has 0 radical (unpaired) electrons. The minimum atomic E-state index is -0.311. The number of carbonyl (C=O) groups is 1. The van der Waals surface area contributed by atoms with Gasteiger partial charge in [0.05, 0.1) is 5.69 Å². The number of aromatic nitrogens is 6. The molecule has 0 saturated heterocycles. The molecule has 8 nitrogen and oxygen atoms in total. The van der Waals surface area contributed by atoms with Crippen LogP contribution < -0.4 is 5.32 Å². The highest BCUT2D eigenvalue weighted by Crippen LogP contribution is 2.29. The Bertz CT molecular complexity index is 802. The summed E-state index contributed by atoms with van der Waals surface area (Å²) < 4.78 is 1.48. The average molecular weight is 327 g/mol. The summed E-state index contributed by atoms with van der Waals surface area (Å²) in [7, 11) is 0. The number of fused-ring (bicyclic) bond motifs is 1. The molecule has 1 N–H and O–H groups in total. The van der Waals surface area contributed by atoms with Crippen molar-refractivity contribution in [1.82, 2.24) is 29.9 Å². The van der Waals surface area contributed by atoms with E-state index in [4.69, 9.17) is 0 Å². The Morgan fingerprint density at radius 2 is 2.13 bits per heavy atom. The van der Waals surface area contributed by atoms with Crippen LogP contribution in [0.3, 0.4) is 0 Å². The zero-order valence-electron chi connectivity index (χ0n) is 12.1. The highest BCUT2D eigenvalue weighted by molar-refractivity contribution is 7.15. The molecule has 4 rings (SSSR count). The van der Waals surface area contributed by atoms with Gasteiger partial charge < -0.3 is 0 Å². The van der Waals surface area contributed by atoms with Crippen molar-refractivity contribution in [2.45, 2.75) is 25.7 Å². The van der Waals surface area contributed by atoms with Crippen molar-refractivity contribution in [1.29, 1.82) is 0 Å². The van der Waals surface area contributed by atoms with Crippen molar-refractivity contribution in [3.8, 4) is 5.82 Å². The van der Waals surface area contributed by atoms with Crippen LogP contribution in [0.15, 0.2) is 24.8 Å². The van der Waals surface area contributed by atoms with Crippen molar-refractivity contribution < 1.29 is 4.79 Å². The van der Waals surface area contributed by atoms with Crippen LogP contribution in [-0.2, 0) is 12.8 Å². The third-order valence-corrected chi connectivity index (χ3v) is 4.68. The first kappa shape index (κ1) is 13.9. The van der Waals surface area contributed by atoms with Gasteiger partial charge in [0.1, 0.15) is 12.7 Å². The third-order valence-electron chi connectivity index (χ3n) is 3.60. The van der Waals surface area contributed by atoms with E-state index >= 15 is 0 Å². The van der Waals surface area contributed by atoms with E-state index in [9.17, 15) is 4.79 Å². The monoisotopic (exact) mass is 327 g/mol. The van der Waals surface area contributed by atoms with Crippen molar-refractivity contribution >= 4 is 22.4 Å². The van der Waals surface area contributed by atoms with Gasteiger partial charge in [0.2, 0.25) is 0 Å². The van der Waals surface area contributed by atoms with E-state index in [2.05, 4.69) is 30.6 Å². The van der Waals surface area contributed by atoms with Crippen molar-refractivity contribution in [2.75, 3.05) is 5.32 Å². The van der Waals surface area contributed by atoms with Gasteiger partial charge in [0.25, 0.3) is 5.91 Å². The Morgan fingerprint density at radius 1 is 1.22 bits per heavy atom. The molecule has 0 spiro atoms. The highest BCUT2D eigenvalue weighted by atomic mass is 32.1. The lowest BCUT2D eigenvalue weighted by Gasteiger charge is -2.06. The number of carbonyl (C=O) groups excluding carboxylic acids is 1. The second-order valence-electron chi connectivity index (χ2n) is 5.17. The predicted octanol–water partition coefficient (Wildman–Crippen LogP) is 1.64. The SMILES string of the molecule is O=C(Nc1nc2c(s1)CCCC2)c1ccc(-n2cncn2)nn1. The molecule has 23 heavy (non-hydrogen) atoms. The molecule has 3 aromatic rings. The second-order valence-corrected chi connectivity index (χ2v) is 6.25. The van der Waals surface area contributed by atoms with Gasteiger partial charge in [-0.25, -0.2) is 14.6 Å². The summed E-state index contributed by atoms with van der Waals surface area (Å²) in [6, 6.07) is 3.27. The van der Waals surface area contributed by atoms with E-state index in [1.165, 1.54) is 35.1 Å². The summed E-state index contributed by atoms with van der Waals surface area (Å²) in [5, 5.41) is 15.3. The number of aryl methyl sites for hydroxylation is 2. The Kier molecular flexibility index (Phi) is 3.54. The maximum Gasteiger partial charge on any atom is 0.277 e. The van der Waals surface area contributed by atoms with Gasteiger partial charge in [0, 0.05) is 4.88 Å². The molecule has 9 heteroatoms. The van der Waals surface area contributed by atoms with Gasteiger partial charge in [-0.3, -0.25) is 10.1 Å². The first-order valence-electron chi connectivity index (χ1n) is 7.28. The molecule has 116 valence electrons. The number of nitrogens with one attached hydrogen (secondary N) is 1. The van der Waals surface area contributed by atoms with Crippen LogP contribution in [0.4, 0.5) is 5.13 Å². The third kappa shape index (κ3) is 2.82. The molecule has 0 bridgehead atoms. The topological polar surface area (TPSA) is 98.5 Å². The van der Waals surface area contributed by atoms with E-state index < -0.39 is 0 Å². The number of hydrogen-bond acceptors (Lipinski definition) is 7. The Morgan fingerprint density at radius 3 is 2.87 bits per heavy atom. The Hall–Kier alpha value is -2.68. The molecular formula is C14H13N7OS. The molecule has 0 unspecified atom stereocenters. The molecule has 0 atom stereocenters. The number of amides is 1. The van der Waals surface area contributed by atoms with Gasteiger partial charge in [-0.05, 0) is 37.8 Å². The minimum absolute atomic E-state index is 0.238. The lowest BCUT2D eigenvalue weighted by Crippen LogP contribution is -2.15. The van der Waals surface area contributed by atoms with Crippen LogP contribution in [0.25, 0.3) is 5.82 Å². The molecule has 3 heterocycles. The van der Waals surface area contributed by atoms with Crippen LogP contribution in [0, 0.1) is 0 Å². The molecule has 1 amide bonds. The van der Waals surface area contributed by atoms with Crippen molar-refractivity contribution in [3.05, 3.63) is 41.1 Å². The number of nitrogens with zero attached hydrogens (tertiary/aromatic N) is 6. The van der Waals surface area contributed by atoms with E-state index in [-0.39, 0.29) is 11.6 Å². The van der Waals surface area contributed by atoms with Crippen LogP contribution in [0.2, 0.25) is 0 Å². The smallest absolute Gasteiger partial charge is 0.277 e. The van der Waals surface area contributed by atoms with Crippen LogP contribution in [0.1, 0.15) is 33.9 Å². The first-order valence-corrected chi connectivity index (χ1v) is 8.10. The summed E-state index contributed by atoms with van der Waals surface area (Å²) in [5.41, 5.74) is 1.35. The summed E-state index contributed by atoms with van der Waals surface area (Å²) in [4.78, 5) is 21.9. The maximum absolute atomic E-state index is 12.2. The number of thiazole rings is 1. The van der Waals surface area contributed by atoms with E-state index in [1.807, 2.05) is 0 Å². The van der Waals surface area contributed by atoms with Gasteiger partial charge in [-0.15, -0.1) is 21.5 Å². The first-order chi connectivity index (χ1) is 11.3. The fraction of sp³-hybridized carbons (Fsp3) is 0.286. The summed E-state index contributed by atoms with van der Waals surface area (Å²) >= 11 is 1.55. The predicted molar refractivity (Wildman–Crippen MR) is 83.7 cm³/mol. The van der Waals surface area contributed by atoms with Crippen LogP contribution in [0.5, 0.6) is 0 Å². The van der Waals surface area contributed by atoms with Crippen LogP contribution >= 0.6 is 11.3 Å². The highest BCUT2D eigenvalue weighted by Gasteiger charge is 2.17. The fourth-order valence-electron chi connectivity index (χ4n) is 2.46. The van der Waals surface area contributed by atoms with Crippen LogP contribution in [-0.4, -0.2) is 35.9 Å². The van der Waals surface area contributed by atoms with Gasteiger partial charge in [-0.2, -0.15) is 5.10 Å². The maximum atomic E-state index is 12.2. The molecule has 0 aromatic carbocycles. The Balaban J connectivity index is 1.49. The minimum Gasteiger partial charge on any atom is -0.296 e. The van der Waals surface area contributed by atoms with Gasteiger partial charge >= 0.3 is 0 Å². The molecular weight excluding hydrogens is 314 g/mol. The van der Waals surface area contributed by atoms with E-state index in [0.29, 0.717) is 10.9 Å². The molecule has 1 aliphatic carbocycles. The second kappa shape index (κ2) is 5.84. The average Bonchev–Trinajstić information content (AvgIpc) is 3.24. The zero-order valence-corrected chi connectivity index (χ0v) is 13.0. The molecule has 0 fully saturated rings. The fourth-order valence-corrected chi connectivity index (χ4v) is 3.51. The Labute approximate surface area is 135 Å². The normalized spacial score (nSPS) is 13.6. The summed E-state index contributed by atoms with van der Waals surface area (Å²) in [6.07, 6.45) is 7.33. The van der Waals surface area contributed by atoms with Crippen molar-refractivity contribution in [2.24, 2.45) is 0 Å². The molecule has 3 aromatic heterocycles. The summed E-state index contributed by atoms with van der Waals surface area (Å²) in [6.45, 7) is 0. The zero-order chi connectivity index (χ0) is 15.6. The van der Waals surface area contributed by atoms with Gasteiger partial charge in [0.15, 0.2) is 16.6 Å². The lowest BCUT2D eigenvalue weighted by atomic mass is 10.0. The number of rotatable bonds is 3. The number of anilines is 1. The molecule has 0 aliphatic heterocycles. The van der Waals surface area contributed by atoms with Crippen molar-refractivity contribution in [3.63, 3.8) is 0 Å². The summed E-state index contributed by atoms with van der Waals surface area (Å²) in [5.74, 6) is 0.192. The van der Waals surface area contributed by atoms with E-state index in [0.717, 1.165) is 18.5 Å².